The summed E-state index contributed by atoms with van der Waals surface area (Å²) in [6.45, 7) is 3.77. The third-order valence-corrected chi connectivity index (χ3v) is 9.83. The fourth-order valence-corrected chi connectivity index (χ4v) is 8.02. The normalized spacial score (nSPS) is 20.8. The first-order valence-electron chi connectivity index (χ1n) is 8.60. The molecular formula is C18H22N2O4S4. The second-order valence-corrected chi connectivity index (χ2v) is 12.6. The van der Waals surface area contributed by atoms with Crippen LogP contribution in [-0.4, -0.2) is 40.4 Å². The van der Waals surface area contributed by atoms with Gasteiger partial charge in [-0.2, -0.15) is 0 Å². The largest absolute Gasteiger partial charge is 0.240 e. The van der Waals surface area contributed by atoms with Gasteiger partial charge in [-0.1, -0.05) is 57.0 Å². The van der Waals surface area contributed by atoms with Crippen LogP contribution in [0.15, 0.2) is 58.3 Å². The Bertz CT molecular complexity index is 935. The van der Waals surface area contributed by atoms with Gasteiger partial charge in [-0.05, 0) is 38.1 Å². The highest BCUT2D eigenvalue weighted by Crippen LogP contribution is 2.31. The van der Waals surface area contributed by atoms with E-state index in [-0.39, 0.29) is 9.79 Å². The molecule has 1 saturated heterocycles. The van der Waals surface area contributed by atoms with E-state index < -0.39 is 32.1 Å². The zero-order valence-electron chi connectivity index (χ0n) is 15.5. The molecule has 0 spiro atoms. The highest BCUT2D eigenvalue weighted by atomic mass is 33.1. The van der Waals surface area contributed by atoms with Crippen molar-refractivity contribution in [1.82, 2.24) is 9.44 Å². The molecule has 0 aliphatic carbocycles. The quantitative estimate of drug-likeness (QED) is 0.647. The minimum Gasteiger partial charge on any atom is -0.207 e. The first-order valence-corrected chi connectivity index (χ1v) is 14.1. The molecule has 10 heteroatoms. The molecule has 0 saturated carbocycles. The maximum atomic E-state index is 12.7. The highest BCUT2D eigenvalue weighted by molar-refractivity contribution is 8.76. The molecule has 0 aromatic heterocycles. The summed E-state index contributed by atoms with van der Waals surface area (Å²) in [6, 6.07) is 12.0. The zero-order chi connectivity index (χ0) is 20.4. The lowest BCUT2D eigenvalue weighted by Gasteiger charge is -2.31. The first-order chi connectivity index (χ1) is 13.2. The third kappa shape index (κ3) is 5.31. The SMILES string of the molecule is Cc1ccc(S(=O)(=O)N[C@H]2CSSC[C@@H]2NS(=O)(=O)c2ccc(C)cc2)cc1. The van der Waals surface area contributed by atoms with Crippen LogP contribution in [0.25, 0.3) is 0 Å². The fraction of sp³-hybridized carbons (Fsp3) is 0.333. The van der Waals surface area contributed by atoms with Crippen LogP contribution in [0.3, 0.4) is 0 Å². The molecule has 1 aliphatic rings. The molecule has 6 nitrogen and oxygen atoms in total. The van der Waals surface area contributed by atoms with Crippen molar-refractivity contribution in [3.05, 3.63) is 59.7 Å². The standard InChI is InChI=1S/C18H22N2O4S4/c1-13-3-7-15(8-4-13)27(21,22)19-17-11-25-26-12-18(17)20-28(23,24)16-9-5-14(2)6-10-16/h3-10,17-20H,11-12H2,1-2H3/t17-,18-/m0/s1. The van der Waals surface area contributed by atoms with Crippen molar-refractivity contribution in [3.63, 3.8) is 0 Å². The molecule has 1 aliphatic heterocycles. The number of sulfonamides is 2. The number of hydrogen-bond donors (Lipinski definition) is 2. The van der Waals surface area contributed by atoms with Crippen molar-refractivity contribution in [2.75, 3.05) is 11.5 Å². The van der Waals surface area contributed by atoms with Crippen LogP contribution in [0.1, 0.15) is 11.1 Å². The molecule has 2 aromatic rings. The summed E-state index contributed by atoms with van der Waals surface area (Å²) < 4.78 is 56.3. The summed E-state index contributed by atoms with van der Waals surface area (Å²) in [5.74, 6) is 0.938. The van der Waals surface area contributed by atoms with Gasteiger partial charge in [0.1, 0.15) is 0 Å². The number of benzene rings is 2. The van der Waals surface area contributed by atoms with Gasteiger partial charge < -0.3 is 0 Å². The topological polar surface area (TPSA) is 92.3 Å². The molecule has 152 valence electrons. The number of aryl methyl sites for hydroxylation is 2. The second-order valence-electron chi connectivity index (χ2n) is 6.65. The van der Waals surface area contributed by atoms with Crippen LogP contribution in [0.5, 0.6) is 0 Å². The Morgan fingerprint density at radius 1 is 0.679 bits per heavy atom. The Morgan fingerprint density at radius 2 is 1.00 bits per heavy atom. The van der Waals surface area contributed by atoms with Gasteiger partial charge in [-0.3, -0.25) is 0 Å². The van der Waals surface area contributed by atoms with Gasteiger partial charge in [-0.15, -0.1) is 0 Å². The first kappa shape index (κ1) is 21.7. The Kier molecular flexibility index (Phi) is 6.78. The van der Waals surface area contributed by atoms with Crippen molar-refractivity contribution >= 4 is 41.6 Å². The van der Waals surface area contributed by atoms with Gasteiger partial charge in [0.05, 0.1) is 9.79 Å². The molecule has 2 aromatic carbocycles. The predicted octanol–water partition coefficient (Wildman–Crippen LogP) is 2.69. The molecule has 0 radical (unpaired) electrons. The van der Waals surface area contributed by atoms with Crippen molar-refractivity contribution < 1.29 is 16.8 Å². The summed E-state index contributed by atoms with van der Waals surface area (Å²) in [6.07, 6.45) is 0. The van der Waals surface area contributed by atoms with Gasteiger partial charge in [0.2, 0.25) is 20.0 Å². The Morgan fingerprint density at radius 3 is 1.32 bits per heavy atom. The van der Waals surface area contributed by atoms with Crippen LogP contribution in [0.4, 0.5) is 0 Å². The van der Waals surface area contributed by atoms with Crippen LogP contribution >= 0.6 is 21.6 Å². The molecule has 0 bridgehead atoms. The Balaban J connectivity index is 1.78. The molecule has 2 atom stereocenters. The minimum atomic E-state index is -3.74. The van der Waals surface area contributed by atoms with E-state index in [2.05, 4.69) is 9.44 Å². The van der Waals surface area contributed by atoms with Crippen molar-refractivity contribution in [2.24, 2.45) is 0 Å². The molecule has 0 amide bonds. The molecule has 2 N–H and O–H groups in total. The monoisotopic (exact) mass is 458 g/mol. The van der Waals surface area contributed by atoms with Gasteiger partial charge in [0, 0.05) is 23.6 Å². The highest BCUT2D eigenvalue weighted by Gasteiger charge is 2.33. The van der Waals surface area contributed by atoms with Crippen LogP contribution in [0.2, 0.25) is 0 Å². The van der Waals surface area contributed by atoms with E-state index in [0.29, 0.717) is 11.5 Å². The number of nitrogens with one attached hydrogen (secondary N) is 2. The van der Waals surface area contributed by atoms with E-state index in [0.717, 1.165) is 11.1 Å². The Labute approximate surface area is 174 Å². The van der Waals surface area contributed by atoms with Crippen molar-refractivity contribution in [1.29, 1.82) is 0 Å². The van der Waals surface area contributed by atoms with E-state index >= 15 is 0 Å². The molecule has 3 rings (SSSR count). The maximum Gasteiger partial charge on any atom is 0.240 e. The lowest BCUT2D eigenvalue weighted by molar-refractivity contribution is 0.494. The lowest BCUT2D eigenvalue weighted by Crippen LogP contribution is -2.55. The molecule has 0 unspecified atom stereocenters. The van der Waals surface area contributed by atoms with Crippen molar-refractivity contribution in [3.8, 4) is 0 Å². The fourth-order valence-electron chi connectivity index (χ4n) is 2.68. The molecular weight excluding hydrogens is 436 g/mol. The lowest BCUT2D eigenvalue weighted by atomic mass is 10.2. The predicted molar refractivity (Wildman–Crippen MR) is 115 cm³/mol. The van der Waals surface area contributed by atoms with Gasteiger partial charge in [-0.25, -0.2) is 26.3 Å². The van der Waals surface area contributed by atoms with E-state index in [9.17, 15) is 16.8 Å². The summed E-state index contributed by atoms with van der Waals surface area (Å²) in [7, 11) is -4.44. The van der Waals surface area contributed by atoms with E-state index in [1.807, 2.05) is 13.8 Å². The summed E-state index contributed by atoms with van der Waals surface area (Å²) in [4.78, 5) is 0.336. The summed E-state index contributed by atoms with van der Waals surface area (Å²) >= 11 is 0. The average Bonchev–Trinajstić information content (AvgIpc) is 2.64. The minimum absolute atomic E-state index is 0.168. The molecule has 28 heavy (non-hydrogen) atoms. The van der Waals surface area contributed by atoms with E-state index in [1.165, 1.54) is 21.6 Å². The average molecular weight is 459 g/mol. The van der Waals surface area contributed by atoms with Gasteiger partial charge in [0.25, 0.3) is 0 Å². The summed E-state index contributed by atoms with van der Waals surface area (Å²) in [5, 5.41) is 0. The van der Waals surface area contributed by atoms with E-state index in [1.54, 1.807) is 48.5 Å². The molecule has 1 fully saturated rings. The third-order valence-electron chi connectivity index (χ3n) is 4.34. The van der Waals surface area contributed by atoms with Crippen LogP contribution in [0, 0.1) is 13.8 Å². The van der Waals surface area contributed by atoms with Crippen LogP contribution in [-0.2, 0) is 20.0 Å². The molecule has 1 heterocycles. The van der Waals surface area contributed by atoms with E-state index in [4.69, 9.17) is 0 Å². The van der Waals surface area contributed by atoms with Crippen molar-refractivity contribution in [2.45, 2.75) is 35.7 Å². The number of hydrogen-bond acceptors (Lipinski definition) is 6. The summed E-state index contributed by atoms with van der Waals surface area (Å²) in [5.41, 5.74) is 1.93. The van der Waals surface area contributed by atoms with Gasteiger partial charge in [0.15, 0.2) is 0 Å². The zero-order valence-corrected chi connectivity index (χ0v) is 18.7. The smallest absolute Gasteiger partial charge is 0.207 e. The van der Waals surface area contributed by atoms with Crippen LogP contribution < -0.4 is 9.44 Å². The van der Waals surface area contributed by atoms with Gasteiger partial charge >= 0.3 is 0 Å². The Hall–Kier alpha value is -1.04. The number of rotatable bonds is 6. The maximum absolute atomic E-state index is 12.7. The second kappa shape index (κ2) is 8.76.